The Morgan fingerprint density at radius 2 is 1.83 bits per heavy atom. The van der Waals surface area contributed by atoms with Crippen LogP contribution in [0.3, 0.4) is 0 Å². The Labute approximate surface area is 113 Å². The van der Waals surface area contributed by atoms with E-state index in [1.165, 1.54) is 0 Å². The van der Waals surface area contributed by atoms with Crippen LogP contribution in [0, 0.1) is 5.92 Å². The molecule has 5 atom stereocenters. The summed E-state index contributed by atoms with van der Waals surface area (Å²) >= 11 is 3.42. The Kier molecular flexibility index (Phi) is 2.92. The number of benzene rings is 1. The molecule has 1 saturated heterocycles. The summed E-state index contributed by atoms with van der Waals surface area (Å²) in [6, 6.07) is 9.33. The molecule has 2 N–H and O–H groups in total. The Bertz CT molecular complexity index is 467. The molecular weight excluding hydrogens is 298 g/mol. The minimum absolute atomic E-state index is 0.0801. The fourth-order valence-electron chi connectivity index (χ4n) is 2.94. The maximum absolute atomic E-state index is 12.2. The maximum Gasteiger partial charge on any atom is 0.230 e. The van der Waals surface area contributed by atoms with E-state index in [1.54, 1.807) is 4.90 Å². The summed E-state index contributed by atoms with van der Waals surface area (Å²) in [6.07, 6.45) is -1.81. The van der Waals surface area contributed by atoms with Crippen molar-refractivity contribution in [2.75, 3.05) is 0 Å². The first kappa shape index (κ1) is 12.1. The molecule has 4 nitrogen and oxygen atoms in total. The van der Waals surface area contributed by atoms with Crippen LogP contribution in [0.25, 0.3) is 0 Å². The van der Waals surface area contributed by atoms with Crippen LogP contribution in [0.2, 0.25) is 0 Å². The summed E-state index contributed by atoms with van der Waals surface area (Å²) in [5.74, 6) is -0.600. The van der Waals surface area contributed by atoms with Crippen molar-refractivity contribution in [2.45, 2.75) is 29.6 Å². The number of piperidine rings is 1. The first-order chi connectivity index (χ1) is 8.61. The summed E-state index contributed by atoms with van der Waals surface area (Å²) < 4.78 is 0. The number of carbonyl (C=O) groups is 1. The molecule has 1 aromatic carbocycles. The van der Waals surface area contributed by atoms with E-state index in [-0.39, 0.29) is 16.8 Å². The van der Waals surface area contributed by atoms with Crippen molar-refractivity contribution < 1.29 is 15.0 Å². The van der Waals surface area contributed by atoms with Crippen LogP contribution < -0.4 is 0 Å². The van der Waals surface area contributed by atoms with Crippen LogP contribution in [-0.4, -0.2) is 44.1 Å². The summed E-state index contributed by atoms with van der Waals surface area (Å²) in [6.45, 7) is 0.479. The van der Waals surface area contributed by atoms with Gasteiger partial charge in [-0.05, 0) is 5.56 Å². The van der Waals surface area contributed by atoms with E-state index in [1.807, 2.05) is 30.3 Å². The lowest BCUT2D eigenvalue weighted by atomic mass is 10.0. The van der Waals surface area contributed by atoms with E-state index >= 15 is 0 Å². The van der Waals surface area contributed by atoms with Gasteiger partial charge >= 0.3 is 0 Å². The van der Waals surface area contributed by atoms with Gasteiger partial charge in [-0.2, -0.15) is 0 Å². The standard InChI is InChI=1S/C13H14BrNO3/c14-9-8-11(16)12(17)10(9)15(13(8)18)6-7-4-2-1-3-5-7/h1-5,8-12,16-17H,6H2/t8-,9-,10+,11-,12+/m0/s1. The van der Waals surface area contributed by atoms with Crippen LogP contribution in [0.4, 0.5) is 0 Å². The van der Waals surface area contributed by atoms with Gasteiger partial charge < -0.3 is 15.1 Å². The van der Waals surface area contributed by atoms with Crippen molar-refractivity contribution >= 4 is 21.8 Å². The Hall–Kier alpha value is -0.910. The second-order valence-electron chi connectivity index (χ2n) is 4.89. The zero-order chi connectivity index (χ0) is 12.9. The lowest BCUT2D eigenvalue weighted by Crippen LogP contribution is -2.51. The Morgan fingerprint density at radius 3 is 2.44 bits per heavy atom. The highest BCUT2D eigenvalue weighted by Gasteiger charge is 2.61. The van der Waals surface area contributed by atoms with Gasteiger partial charge in [-0.25, -0.2) is 0 Å². The number of amides is 1. The molecular formula is C13H14BrNO3. The molecule has 1 heterocycles. The molecule has 0 aromatic heterocycles. The van der Waals surface area contributed by atoms with E-state index in [2.05, 4.69) is 15.9 Å². The highest BCUT2D eigenvalue weighted by Crippen LogP contribution is 2.44. The number of aliphatic hydroxyl groups excluding tert-OH is 2. The van der Waals surface area contributed by atoms with Gasteiger partial charge in [0, 0.05) is 6.54 Å². The number of fused-ring (bicyclic) bond motifs is 2. The largest absolute Gasteiger partial charge is 0.389 e. The molecule has 0 spiro atoms. The van der Waals surface area contributed by atoms with Gasteiger partial charge in [0.15, 0.2) is 0 Å². The van der Waals surface area contributed by atoms with Crippen molar-refractivity contribution in [1.29, 1.82) is 0 Å². The first-order valence-corrected chi connectivity index (χ1v) is 6.87. The molecule has 1 saturated carbocycles. The monoisotopic (exact) mass is 311 g/mol. The second kappa shape index (κ2) is 4.33. The molecule has 5 heteroatoms. The lowest BCUT2D eigenvalue weighted by Gasteiger charge is -2.33. The summed E-state index contributed by atoms with van der Waals surface area (Å²) in [5.41, 5.74) is 1.03. The summed E-state index contributed by atoms with van der Waals surface area (Å²) in [7, 11) is 0. The molecule has 1 aliphatic heterocycles. The van der Waals surface area contributed by atoms with E-state index in [0.29, 0.717) is 6.54 Å². The summed E-state index contributed by atoms with van der Waals surface area (Å²) in [4.78, 5) is 13.7. The molecule has 1 aliphatic carbocycles. The number of likely N-dealkylation sites (tertiary alicyclic amines) is 1. The third-order valence-corrected chi connectivity index (χ3v) is 4.97. The summed E-state index contributed by atoms with van der Waals surface area (Å²) in [5, 5.41) is 19.7. The van der Waals surface area contributed by atoms with E-state index in [9.17, 15) is 15.0 Å². The molecule has 2 aliphatic rings. The molecule has 2 fully saturated rings. The van der Waals surface area contributed by atoms with Crippen LogP contribution in [-0.2, 0) is 11.3 Å². The second-order valence-corrected chi connectivity index (χ2v) is 5.95. The Balaban J connectivity index is 1.85. The average molecular weight is 312 g/mol. The van der Waals surface area contributed by atoms with Gasteiger partial charge in [0.25, 0.3) is 0 Å². The SMILES string of the molecule is O=C1[C@@H]2[C@H](O)[C@H](O)[C@@H]([C@H]2Br)N1Cc1ccccc1. The number of rotatable bonds is 2. The molecule has 96 valence electrons. The third-order valence-electron chi connectivity index (χ3n) is 3.86. The normalized spacial score (nSPS) is 38.5. The number of aliphatic hydroxyl groups is 2. The maximum atomic E-state index is 12.2. The zero-order valence-corrected chi connectivity index (χ0v) is 11.2. The van der Waals surface area contributed by atoms with Gasteiger partial charge in [0.2, 0.25) is 5.91 Å². The highest BCUT2D eigenvalue weighted by molar-refractivity contribution is 9.09. The Morgan fingerprint density at radius 1 is 1.17 bits per heavy atom. The van der Waals surface area contributed by atoms with Crippen molar-refractivity contribution in [3.63, 3.8) is 0 Å². The van der Waals surface area contributed by atoms with Crippen LogP contribution >= 0.6 is 15.9 Å². The highest BCUT2D eigenvalue weighted by atomic mass is 79.9. The molecule has 2 bridgehead atoms. The molecule has 0 unspecified atom stereocenters. The predicted octanol–water partition coefficient (Wildman–Crippen LogP) is 0.512. The number of halogens is 1. The lowest BCUT2D eigenvalue weighted by molar-refractivity contribution is -0.146. The van der Waals surface area contributed by atoms with E-state index < -0.39 is 18.1 Å². The number of hydrogen-bond acceptors (Lipinski definition) is 3. The topological polar surface area (TPSA) is 60.8 Å². The fourth-order valence-corrected chi connectivity index (χ4v) is 4.08. The third kappa shape index (κ3) is 1.61. The predicted molar refractivity (Wildman–Crippen MR) is 69.0 cm³/mol. The van der Waals surface area contributed by atoms with Gasteiger partial charge in [0.1, 0.15) is 6.10 Å². The first-order valence-electron chi connectivity index (χ1n) is 5.96. The van der Waals surface area contributed by atoms with Gasteiger partial charge in [-0.3, -0.25) is 4.79 Å². The van der Waals surface area contributed by atoms with Crippen molar-refractivity contribution in [3.05, 3.63) is 35.9 Å². The fraction of sp³-hybridized carbons (Fsp3) is 0.462. The molecule has 1 amide bonds. The quantitative estimate of drug-likeness (QED) is 0.783. The van der Waals surface area contributed by atoms with Gasteiger partial charge in [0.05, 0.1) is 22.9 Å². The molecule has 0 radical (unpaired) electrons. The number of carbonyl (C=O) groups excluding carboxylic acids is 1. The van der Waals surface area contributed by atoms with Crippen LogP contribution in [0.15, 0.2) is 30.3 Å². The van der Waals surface area contributed by atoms with Crippen molar-refractivity contribution in [2.24, 2.45) is 5.92 Å². The minimum atomic E-state index is -0.945. The molecule has 1 aromatic rings. The molecule has 3 rings (SSSR count). The minimum Gasteiger partial charge on any atom is -0.389 e. The van der Waals surface area contributed by atoms with Crippen molar-refractivity contribution in [3.8, 4) is 0 Å². The number of nitrogens with zero attached hydrogens (tertiary/aromatic N) is 1. The van der Waals surface area contributed by atoms with Crippen LogP contribution in [0.1, 0.15) is 5.56 Å². The van der Waals surface area contributed by atoms with Gasteiger partial charge in [-0.1, -0.05) is 46.3 Å². The number of hydrogen-bond donors (Lipinski definition) is 2. The van der Waals surface area contributed by atoms with Crippen LogP contribution in [0.5, 0.6) is 0 Å². The smallest absolute Gasteiger partial charge is 0.230 e. The van der Waals surface area contributed by atoms with Crippen molar-refractivity contribution in [1.82, 2.24) is 4.90 Å². The van der Waals surface area contributed by atoms with Gasteiger partial charge in [-0.15, -0.1) is 0 Å². The number of alkyl halides is 1. The zero-order valence-electron chi connectivity index (χ0n) is 9.61. The average Bonchev–Trinajstić information content (AvgIpc) is 2.72. The van der Waals surface area contributed by atoms with E-state index in [0.717, 1.165) is 5.56 Å². The molecule has 18 heavy (non-hydrogen) atoms. The van der Waals surface area contributed by atoms with E-state index in [4.69, 9.17) is 0 Å².